The molecule has 0 saturated heterocycles. The minimum atomic E-state index is 0.295. The van der Waals surface area contributed by atoms with Crippen molar-refractivity contribution < 1.29 is 5.11 Å². The Morgan fingerprint density at radius 3 is 2.48 bits per heavy atom. The maximum atomic E-state index is 10.4. The molecule has 0 radical (unpaired) electrons. The summed E-state index contributed by atoms with van der Waals surface area (Å²) < 4.78 is 2.04. The minimum Gasteiger partial charge on any atom is -0.508 e. The number of hydrogen-bond donors (Lipinski definition) is 1. The van der Waals surface area contributed by atoms with Crippen LogP contribution in [0.5, 0.6) is 5.75 Å². The molecule has 1 N–H and O–H groups in total. The van der Waals surface area contributed by atoms with E-state index in [0.29, 0.717) is 17.6 Å². The lowest BCUT2D eigenvalue weighted by molar-refractivity contribution is 0.464. The molecule has 0 spiro atoms. The summed E-state index contributed by atoms with van der Waals surface area (Å²) in [5.41, 5.74) is 4.33. The Labute approximate surface area is 150 Å². The first-order chi connectivity index (χ1) is 12.0. The molecule has 3 aromatic rings. The third kappa shape index (κ3) is 3.60. The number of nitrogens with zero attached hydrogens (tertiary/aromatic N) is 2. The first-order valence-corrected chi connectivity index (χ1v) is 8.92. The molecule has 0 amide bonds. The molecule has 25 heavy (non-hydrogen) atoms. The van der Waals surface area contributed by atoms with E-state index in [0.717, 1.165) is 29.1 Å². The number of phenols is 1. The Hall–Kier alpha value is -2.55. The van der Waals surface area contributed by atoms with Crippen molar-refractivity contribution in [2.45, 2.75) is 40.0 Å². The van der Waals surface area contributed by atoms with Gasteiger partial charge < -0.3 is 5.11 Å². The van der Waals surface area contributed by atoms with Crippen LogP contribution in [-0.4, -0.2) is 14.7 Å². The van der Waals surface area contributed by atoms with Crippen molar-refractivity contribution >= 4 is 0 Å². The van der Waals surface area contributed by atoms with E-state index >= 15 is 0 Å². The van der Waals surface area contributed by atoms with E-state index in [1.165, 1.54) is 5.56 Å². The normalized spacial score (nSPS) is 11.4. The van der Waals surface area contributed by atoms with Gasteiger partial charge in [-0.25, -0.2) is 4.98 Å². The fraction of sp³-hybridized carbons (Fsp3) is 0.318. The molecule has 130 valence electrons. The van der Waals surface area contributed by atoms with Gasteiger partial charge in [0, 0.05) is 24.0 Å². The van der Waals surface area contributed by atoms with Gasteiger partial charge in [-0.3, -0.25) is 4.57 Å². The van der Waals surface area contributed by atoms with Crippen LogP contribution in [0.4, 0.5) is 0 Å². The molecule has 0 saturated carbocycles. The molecule has 0 unspecified atom stereocenters. The van der Waals surface area contributed by atoms with Crippen molar-refractivity contribution in [3.8, 4) is 22.8 Å². The number of phenolic OH excluding ortho intramolecular Hbond substituents is 1. The number of rotatable bonds is 5. The highest BCUT2D eigenvalue weighted by Gasteiger charge is 2.14. The minimum absolute atomic E-state index is 0.295. The maximum Gasteiger partial charge on any atom is 0.144 e. The van der Waals surface area contributed by atoms with Gasteiger partial charge in [-0.05, 0) is 35.4 Å². The van der Waals surface area contributed by atoms with Crippen molar-refractivity contribution in [2.75, 3.05) is 0 Å². The first-order valence-electron chi connectivity index (χ1n) is 8.92. The highest BCUT2D eigenvalue weighted by molar-refractivity contribution is 5.63. The third-order valence-corrected chi connectivity index (χ3v) is 4.44. The average Bonchev–Trinajstić information content (AvgIpc) is 3.03. The van der Waals surface area contributed by atoms with Crippen molar-refractivity contribution in [1.82, 2.24) is 9.55 Å². The standard InChI is InChI=1S/C22H26N2O/c1-15(2)13-17-7-5-6-8-20(17)22-23-11-12-24(22)18-9-10-19(16(3)4)21(25)14-18/h5-12,14-16,25H,13H2,1-4H3. The SMILES string of the molecule is CC(C)Cc1ccccc1-c1nccn1-c1ccc(C(C)C)c(O)c1. The molecule has 2 aromatic carbocycles. The topological polar surface area (TPSA) is 38.0 Å². The molecule has 1 heterocycles. The molecule has 3 heteroatoms. The third-order valence-electron chi connectivity index (χ3n) is 4.44. The zero-order chi connectivity index (χ0) is 18.0. The van der Waals surface area contributed by atoms with Crippen molar-refractivity contribution in [1.29, 1.82) is 0 Å². The molecular weight excluding hydrogens is 308 g/mol. The number of aromatic nitrogens is 2. The largest absolute Gasteiger partial charge is 0.508 e. The quantitative estimate of drug-likeness (QED) is 0.662. The van der Waals surface area contributed by atoms with Crippen LogP contribution in [-0.2, 0) is 6.42 Å². The zero-order valence-electron chi connectivity index (χ0n) is 15.4. The fourth-order valence-electron chi connectivity index (χ4n) is 3.24. The summed E-state index contributed by atoms with van der Waals surface area (Å²) in [6.45, 7) is 8.62. The second-order valence-corrected chi connectivity index (χ2v) is 7.27. The highest BCUT2D eigenvalue weighted by atomic mass is 16.3. The first kappa shape index (κ1) is 17.3. The summed E-state index contributed by atoms with van der Waals surface area (Å²) >= 11 is 0. The van der Waals surface area contributed by atoms with Crippen LogP contribution in [0.1, 0.15) is 44.7 Å². The summed E-state index contributed by atoms with van der Waals surface area (Å²) in [4.78, 5) is 4.60. The lowest BCUT2D eigenvalue weighted by Gasteiger charge is -2.15. The number of aromatic hydroxyl groups is 1. The average molecular weight is 334 g/mol. The fourth-order valence-corrected chi connectivity index (χ4v) is 3.24. The smallest absolute Gasteiger partial charge is 0.144 e. The van der Waals surface area contributed by atoms with Gasteiger partial charge in [0.05, 0.1) is 5.69 Å². The predicted octanol–water partition coefficient (Wildman–Crippen LogP) is 5.57. The molecule has 0 aliphatic heterocycles. The van der Waals surface area contributed by atoms with E-state index in [1.807, 2.05) is 35.2 Å². The molecule has 0 atom stereocenters. The van der Waals surface area contributed by atoms with Crippen LogP contribution in [0.2, 0.25) is 0 Å². The van der Waals surface area contributed by atoms with E-state index in [9.17, 15) is 5.11 Å². The molecule has 0 aliphatic rings. The summed E-state index contributed by atoms with van der Waals surface area (Å²) in [6.07, 6.45) is 4.78. The number of imidazole rings is 1. The van der Waals surface area contributed by atoms with Gasteiger partial charge in [-0.1, -0.05) is 58.0 Å². The van der Waals surface area contributed by atoms with Gasteiger partial charge in [0.15, 0.2) is 0 Å². The van der Waals surface area contributed by atoms with Gasteiger partial charge in [0.2, 0.25) is 0 Å². The summed E-state index contributed by atoms with van der Waals surface area (Å²) in [7, 11) is 0. The van der Waals surface area contributed by atoms with Gasteiger partial charge >= 0.3 is 0 Å². The van der Waals surface area contributed by atoms with Gasteiger partial charge in [0.1, 0.15) is 11.6 Å². The van der Waals surface area contributed by atoms with Crippen molar-refractivity contribution in [3.05, 3.63) is 66.0 Å². The zero-order valence-corrected chi connectivity index (χ0v) is 15.4. The lowest BCUT2D eigenvalue weighted by Crippen LogP contribution is -2.02. The van der Waals surface area contributed by atoms with Gasteiger partial charge in [-0.15, -0.1) is 0 Å². The van der Waals surface area contributed by atoms with Crippen LogP contribution in [0.15, 0.2) is 54.9 Å². The molecule has 0 fully saturated rings. The van der Waals surface area contributed by atoms with Crippen LogP contribution >= 0.6 is 0 Å². The Balaban J connectivity index is 2.07. The second kappa shape index (κ2) is 7.14. The van der Waals surface area contributed by atoms with Crippen LogP contribution in [0.25, 0.3) is 17.1 Å². The summed E-state index contributed by atoms with van der Waals surface area (Å²) in [5.74, 6) is 2.12. The molecular formula is C22H26N2O. The molecule has 0 aliphatic carbocycles. The maximum absolute atomic E-state index is 10.4. The monoisotopic (exact) mass is 334 g/mol. The predicted molar refractivity (Wildman–Crippen MR) is 103 cm³/mol. The molecule has 3 rings (SSSR count). The second-order valence-electron chi connectivity index (χ2n) is 7.27. The van der Waals surface area contributed by atoms with E-state index in [1.54, 1.807) is 0 Å². The molecule has 1 aromatic heterocycles. The van der Waals surface area contributed by atoms with E-state index in [-0.39, 0.29) is 0 Å². The van der Waals surface area contributed by atoms with E-state index in [2.05, 4.69) is 56.9 Å². The summed E-state index contributed by atoms with van der Waals surface area (Å²) in [6, 6.07) is 14.3. The van der Waals surface area contributed by atoms with E-state index < -0.39 is 0 Å². The Kier molecular flexibility index (Phi) is 4.93. The van der Waals surface area contributed by atoms with Crippen molar-refractivity contribution in [2.24, 2.45) is 5.92 Å². The van der Waals surface area contributed by atoms with Crippen LogP contribution < -0.4 is 0 Å². The molecule has 0 bridgehead atoms. The Morgan fingerprint density at radius 2 is 1.80 bits per heavy atom. The van der Waals surface area contributed by atoms with Gasteiger partial charge in [0.25, 0.3) is 0 Å². The Morgan fingerprint density at radius 1 is 1.04 bits per heavy atom. The van der Waals surface area contributed by atoms with Crippen molar-refractivity contribution in [3.63, 3.8) is 0 Å². The lowest BCUT2D eigenvalue weighted by atomic mass is 9.97. The number of benzene rings is 2. The van der Waals surface area contributed by atoms with Gasteiger partial charge in [-0.2, -0.15) is 0 Å². The summed E-state index contributed by atoms with van der Waals surface area (Å²) in [5, 5.41) is 10.4. The highest BCUT2D eigenvalue weighted by Crippen LogP contribution is 2.31. The molecule has 3 nitrogen and oxygen atoms in total. The number of hydrogen-bond acceptors (Lipinski definition) is 2. The van der Waals surface area contributed by atoms with E-state index in [4.69, 9.17) is 0 Å². The van der Waals surface area contributed by atoms with Crippen LogP contribution in [0.3, 0.4) is 0 Å². The Bertz CT molecular complexity index is 862. The van der Waals surface area contributed by atoms with Crippen LogP contribution in [0, 0.1) is 5.92 Å².